The summed E-state index contributed by atoms with van der Waals surface area (Å²) in [6, 6.07) is 7.78. The zero-order chi connectivity index (χ0) is 14.3. The molecule has 104 valence electrons. The van der Waals surface area contributed by atoms with E-state index in [4.69, 9.17) is 16.3 Å². The first-order valence-corrected chi connectivity index (χ1v) is 6.84. The Morgan fingerprint density at radius 1 is 1.26 bits per heavy atom. The van der Waals surface area contributed by atoms with Crippen LogP contribution in [0.3, 0.4) is 0 Å². The number of esters is 1. The Morgan fingerprint density at radius 3 is 2.58 bits per heavy atom. The first-order chi connectivity index (χ1) is 8.91. The Balaban J connectivity index is 2.25. The Bertz CT molecular complexity index is 444. The highest BCUT2D eigenvalue weighted by atomic mass is 35.5. The van der Waals surface area contributed by atoms with Gasteiger partial charge >= 0.3 is 5.97 Å². The highest BCUT2D eigenvalue weighted by Gasteiger charge is 2.22. The molecule has 0 aromatic heterocycles. The molecule has 3 heteroatoms. The van der Waals surface area contributed by atoms with Gasteiger partial charge in [-0.2, -0.15) is 0 Å². The summed E-state index contributed by atoms with van der Waals surface area (Å²) in [7, 11) is 0. The monoisotopic (exact) mass is 280 g/mol. The minimum absolute atomic E-state index is 0.160. The summed E-state index contributed by atoms with van der Waals surface area (Å²) in [5.41, 5.74) is 0.675. The lowest BCUT2D eigenvalue weighted by atomic mass is 9.97. The molecule has 0 radical (unpaired) electrons. The van der Waals surface area contributed by atoms with E-state index in [0.717, 1.165) is 23.4 Å². The van der Waals surface area contributed by atoms with Crippen LogP contribution in [-0.4, -0.2) is 12.6 Å². The zero-order valence-electron chi connectivity index (χ0n) is 11.8. The van der Waals surface area contributed by atoms with Gasteiger partial charge in [0.15, 0.2) is 0 Å². The molecule has 0 atom stereocenters. The first kappa shape index (κ1) is 15.8. The molecule has 0 N–H and O–H groups in total. The van der Waals surface area contributed by atoms with Crippen LogP contribution in [0.25, 0.3) is 0 Å². The molecule has 0 spiro atoms. The van der Waals surface area contributed by atoms with Crippen LogP contribution in [0.15, 0.2) is 36.4 Å². The van der Waals surface area contributed by atoms with Gasteiger partial charge in [-0.05, 0) is 45.2 Å². The van der Waals surface area contributed by atoms with Crippen LogP contribution in [0.1, 0.15) is 32.8 Å². The third-order valence-electron chi connectivity index (χ3n) is 2.59. The molecular weight excluding hydrogens is 260 g/mol. The SMILES string of the molecule is CC(C)(C)C(=O)OCCC=CCc1ccccc1Cl. The smallest absolute Gasteiger partial charge is 0.311 e. The molecule has 0 unspecified atom stereocenters. The third kappa shape index (κ3) is 5.93. The van der Waals surface area contributed by atoms with Gasteiger partial charge in [0.1, 0.15) is 0 Å². The molecule has 0 aliphatic rings. The highest BCUT2D eigenvalue weighted by Crippen LogP contribution is 2.16. The van der Waals surface area contributed by atoms with E-state index < -0.39 is 5.41 Å². The average Bonchev–Trinajstić information content (AvgIpc) is 2.34. The Kier molecular flexibility index (Phi) is 6.10. The summed E-state index contributed by atoms with van der Waals surface area (Å²) < 4.78 is 5.17. The lowest BCUT2D eigenvalue weighted by Gasteiger charge is -2.15. The molecular formula is C16H21ClO2. The van der Waals surface area contributed by atoms with Gasteiger partial charge in [-0.15, -0.1) is 0 Å². The van der Waals surface area contributed by atoms with Gasteiger partial charge < -0.3 is 4.74 Å². The molecule has 0 bridgehead atoms. The number of carbonyl (C=O) groups excluding carboxylic acids is 1. The molecule has 1 aromatic rings. The topological polar surface area (TPSA) is 26.3 Å². The summed E-state index contributed by atoms with van der Waals surface area (Å²) in [5.74, 6) is -0.160. The maximum atomic E-state index is 11.5. The lowest BCUT2D eigenvalue weighted by Crippen LogP contribution is -2.23. The fourth-order valence-corrected chi connectivity index (χ4v) is 1.64. The maximum Gasteiger partial charge on any atom is 0.311 e. The molecule has 0 heterocycles. The molecule has 0 aliphatic carbocycles. The van der Waals surface area contributed by atoms with Crippen LogP contribution in [0.5, 0.6) is 0 Å². The summed E-state index contributed by atoms with van der Waals surface area (Å²) in [6.45, 7) is 5.98. The maximum absolute atomic E-state index is 11.5. The predicted molar refractivity (Wildman–Crippen MR) is 79.3 cm³/mol. The second-order valence-corrected chi connectivity index (χ2v) is 5.85. The van der Waals surface area contributed by atoms with Gasteiger partial charge in [0.05, 0.1) is 12.0 Å². The standard InChI is InChI=1S/C16H21ClO2/c1-16(2,3)15(18)19-12-8-4-5-9-13-10-6-7-11-14(13)17/h4-7,10-11H,8-9,12H2,1-3H3. The number of carbonyl (C=O) groups is 1. The predicted octanol–water partition coefficient (Wildman–Crippen LogP) is 4.42. The van der Waals surface area contributed by atoms with E-state index in [9.17, 15) is 4.79 Å². The third-order valence-corrected chi connectivity index (χ3v) is 2.96. The van der Waals surface area contributed by atoms with Crippen molar-refractivity contribution in [2.45, 2.75) is 33.6 Å². The van der Waals surface area contributed by atoms with E-state index in [1.165, 1.54) is 0 Å². The summed E-state index contributed by atoms with van der Waals surface area (Å²) in [5, 5.41) is 0.784. The van der Waals surface area contributed by atoms with E-state index in [1.54, 1.807) is 0 Å². The summed E-state index contributed by atoms with van der Waals surface area (Å²) >= 11 is 6.05. The number of ether oxygens (including phenoxy) is 1. The van der Waals surface area contributed by atoms with Crippen molar-refractivity contribution >= 4 is 17.6 Å². The molecule has 0 saturated heterocycles. The number of allylic oxidation sites excluding steroid dienone is 1. The van der Waals surface area contributed by atoms with Crippen molar-refractivity contribution in [1.29, 1.82) is 0 Å². The Morgan fingerprint density at radius 2 is 1.95 bits per heavy atom. The van der Waals surface area contributed by atoms with Crippen LogP contribution in [0, 0.1) is 5.41 Å². The zero-order valence-corrected chi connectivity index (χ0v) is 12.5. The molecule has 1 aromatic carbocycles. The second kappa shape index (κ2) is 7.34. The average molecular weight is 281 g/mol. The molecule has 19 heavy (non-hydrogen) atoms. The van der Waals surface area contributed by atoms with Crippen molar-refractivity contribution in [2.75, 3.05) is 6.61 Å². The van der Waals surface area contributed by atoms with Gasteiger partial charge in [-0.25, -0.2) is 0 Å². The molecule has 0 fully saturated rings. The quantitative estimate of drug-likeness (QED) is 0.453. The normalized spacial score (nSPS) is 11.8. The van der Waals surface area contributed by atoms with E-state index in [1.807, 2.05) is 57.2 Å². The minimum Gasteiger partial charge on any atom is -0.465 e. The van der Waals surface area contributed by atoms with Crippen molar-refractivity contribution in [3.8, 4) is 0 Å². The largest absolute Gasteiger partial charge is 0.465 e. The van der Waals surface area contributed by atoms with E-state index >= 15 is 0 Å². The van der Waals surface area contributed by atoms with Gasteiger partial charge in [0.2, 0.25) is 0 Å². The van der Waals surface area contributed by atoms with E-state index in [-0.39, 0.29) is 5.97 Å². The number of benzene rings is 1. The molecule has 0 saturated carbocycles. The molecule has 0 aliphatic heterocycles. The van der Waals surface area contributed by atoms with Crippen molar-refractivity contribution in [1.82, 2.24) is 0 Å². The van der Waals surface area contributed by atoms with Crippen molar-refractivity contribution in [3.05, 3.63) is 47.0 Å². The van der Waals surface area contributed by atoms with Crippen LogP contribution in [0.2, 0.25) is 5.02 Å². The van der Waals surface area contributed by atoms with Crippen LogP contribution < -0.4 is 0 Å². The summed E-state index contributed by atoms with van der Waals surface area (Å²) in [4.78, 5) is 11.5. The fourth-order valence-electron chi connectivity index (χ4n) is 1.43. The van der Waals surface area contributed by atoms with Gasteiger partial charge in [-0.3, -0.25) is 4.79 Å². The Hall–Kier alpha value is -1.28. The number of rotatable bonds is 5. The Labute approximate surface area is 120 Å². The molecule has 2 nitrogen and oxygen atoms in total. The van der Waals surface area contributed by atoms with Crippen molar-refractivity contribution < 1.29 is 9.53 Å². The van der Waals surface area contributed by atoms with Crippen LogP contribution in [-0.2, 0) is 16.0 Å². The molecule has 0 amide bonds. The van der Waals surface area contributed by atoms with Gasteiger partial charge in [-0.1, -0.05) is 42.0 Å². The van der Waals surface area contributed by atoms with E-state index in [0.29, 0.717) is 6.61 Å². The number of hydrogen-bond acceptors (Lipinski definition) is 2. The highest BCUT2D eigenvalue weighted by molar-refractivity contribution is 6.31. The summed E-state index contributed by atoms with van der Waals surface area (Å²) in [6.07, 6.45) is 5.59. The van der Waals surface area contributed by atoms with Crippen LogP contribution >= 0.6 is 11.6 Å². The minimum atomic E-state index is -0.429. The number of halogens is 1. The van der Waals surface area contributed by atoms with E-state index in [2.05, 4.69) is 0 Å². The van der Waals surface area contributed by atoms with Gasteiger partial charge in [0, 0.05) is 5.02 Å². The second-order valence-electron chi connectivity index (χ2n) is 5.44. The molecule has 1 rings (SSSR count). The van der Waals surface area contributed by atoms with Crippen molar-refractivity contribution in [3.63, 3.8) is 0 Å². The lowest BCUT2D eigenvalue weighted by molar-refractivity contribution is -0.152. The van der Waals surface area contributed by atoms with Crippen LogP contribution in [0.4, 0.5) is 0 Å². The fraction of sp³-hybridized carbons (Fsp3) is 0.438. The van der Waals surface area contributed by atoms with Crippen molar-refractivity contribution in [2.24, 2.45) is 5.41 Å². The first-order valence-electron chi connectivity index (χ1n) is 6.47. The van der Waals surface area contributed by atoms with Gasteiger partial charge in [0.25, 0.3) is 0 Å². The number of hydrogen-bond donors (Lipinski definition) is 0.